The summed E-state index contributed by atoms with van der Waals surface area (Å²) in [6.07, 6.45) is -3.12. The van der Waals surface area contributed by atoms with Crippen LogP contribution in [0.3, 0.4) is 0 Å². The first-order valence-electron chi connectivity index (χ1n) is 7.09. The lowest BCUT2D eigenvalue weighted by Crippen LogP contribution is -2.24. The van der Waals surface area contributed by atoms with E-state index in [4.69, 9.17) is 11.6 Å². The van der Waals surface area contributed by atoms with Gasteiger partial charge in [0.1, 0.15) is 5.69 Å². The van der Waals surface area contributed by atoms with Crippen molar-refractivity contribution in [2.24, 2.45) is 0 Å². The fourth-order valence-electron chi connectivity index (χ4n) is 1.98. The molecule has 0 unspecified atom stereocenters. The summed E-state index contributed by atoms with van der Waals surface area (Å²) in [4.78, 5) is 19.9. The summed E-state index contributed by atoms with van der Waals surface area (Å²) in [5.74, 6) is -0.614. The molecule has 5 nitrogen and oxygen atoms in total. The van der Waals surface area contributed by atoms with E-state index in [0.29, 0.717) is 5.69 Å². The largest absolute Gasteiger partial charge is 0.418 e. The van der Waals surface area contributed by atoms with E-state index in [2.05, 4.69) is 27.2 Å². The Kier molecular flexibility index (Phi) is 5.63. The second-order valence-electron chi connectivity index (χ2n) is 5.03. The molecule has 25 heavy (non-hydrogen) atoms. The van der Waals surface area contributed by atoms with Crippen LogP contribution in [-0.4, -0.2) is 22.4 Å². The van der Waals surface area contributed by atoms with Gasteiger partial charge >= 0.3 is 6.18 Å². The molecule has 132 valence electrons. The first kappa shape index (κ1) is 18.7. The SMILES string of the molecule is C=CCNC(=O)c1cc(C)nc(Nc2ccc(Cl)cc2C(F)(F)F)n1. The van der Waals surface area contributed by atoms with Gasteiger partial charge in [-0.3, -0.25) is 4.79 Å². The van der Waals surface area contributed by atoms with Crippen LogP contribution in [0.25, 0.3) is 0 Å². The molecule has 0 atom stereocenters. The molecule has 0 radical (unpaired) electrons. The third-order valence-electron chi connectivity index (χ3n) is 3.03. The van der Waals surface area contributed by atoms with Gasteiger partial charge in [0.05, 0.1) is 11.3 Å². The summed E-state index contributed by atoms with van der Waals surface area (Å²) in [6.45, 7) is 5.32. The molecule has 2 aromatic rings. The van der Waals surface area contributed by atoms with Gasteiger partial charge < -0.3 is 10.6 Å². The van der Waals surface area contributed by atoms with Crippen molar-refractivity contribution < 1.29 is 18.0 Å². The minimum atomic E-state index is -4.61. The molecule has 0 aliphatic heterocycles. The van der Waals surface area contributed by atoms with Crippen molar-refractivity contribution in [1.82, 2.24) is 15.3 Å². The third kappa shape index (κ3) is 4.93. The molecule has 0 bridgehead atoms. The molecule has 0 aliphatic carbocycles. The Hall–Kier alpha value is -2.61. The molecule has 0 aliphatic rings. The van der Waals surface area contributed by atoms with E-state index in [1.807, 2.05) is 0 Å². The number of amides is 1. The van der Waals surface area contributed by atoms with Gasteiger partial charge in [-0.05, 0) is 31.2 Å². The van der Waals surface area contributed by atoms with E-state index in [-0.39, 0.29) is 28.9 Å². The van der Waals surface area contributed by atoms with E-state index in [1.165, 1.54) is 24.3 Å². The Morgan fingerprint density at radius 2 is 2.04 bits per heavy atom. The van der Waals surface area contributed by atoms with Gasteiger partial charge in [0.2, 0.25) is 5.95 Å². The number of hydrogen-bond donors (Lipinski definition) is 2. The van der Waals surface area contributed by atoms with Gasteiger partial charge in [-0.2, -0.15) is 13.2 Å². The van der Waals surface area contributed by atoms with Gasteiger partial charge in [0.25, 0.3) is 5.91 Å². The van der Waals surface area contributed by atoms with Crippen LogP contribution in [0.2, 0.25) is 5.02 Å². The zero-order valence-electron chi connectivity index (χ0n) is 13.1. The highest BCUT2D eigenvalue weighted by Gasteiger charge is 2.34. The van der Waals surface area contributed by atoms with Crippen LogP contribution in [0.4, 0.5) is 24.8 Å². The van der Waals surface area contributed by atoms with Gasteiger partial charge in [-0.15, -0.1) is 6.58 Å². The average molecular weight is 371 g/mol. The highest BCUT2D eigenvalue weighted by Crippen LogP contribution is 2.37. The topological polar surface area (TPSA) is 66.9 Å². The van der Waals surface area contributed by atoms with Crippen LogP contribution in [0, 0.1) is 6.92 Å². The Balaban J connectivity index is 2.37. The number of nitrogens with one attached hydrogen (secondary N) is 2. The molecular formula is C16H14ClF3N4O. The zero-order valence-corrected chi connectivity index (χ0v) is 13.9. The number of benzene rings is 1. The molecule has 0 spiro atoms. The molecule has 0 saturated heterocycles. The second kappa shape index (κ2) is 7.52. The van der Waals surface area contributed by atoms with Crippen LogP contribution in [0.5, 0.6) is 0 Å². The van der Waals surface area contributed by atoms with Crippen LogP contribution < -0.4 is 10.6 Å². The van der Waals surface area contributed by atoms with Crippen molar-refractivity contribution in [2.45, 2.75) is 13.1 Å². The average Bonchev–Trinajstić information content (AvgIpc) is 2.52. The highest BCUT2D eigenvalue weighted by molar-refractivity contribution is 6.30. The van der Waals surface area contributed by atoms with Crippen molar-refractivity contribution in [3.8, 4) is 0 Å². The molecule has 1 aromatic heterocycles. The maximum atomic E-state index is 13.1. The fourth-order valence-corrected chi connectivity index (χ4v) is 2.15. The molecule has 1 amide bonds. The summed E-state index contributed by atoms with van der Waals surface area (Å²) >= 11 is 5.65. The van der Waals surface area contributed by atoms with E-state index in [9.17, 15) is 18.0 Å². The minimum absolute atomic E-state index is 0.0272. The number of carbonyl (C=O) groups is 1. The van der Waals surface area contributed by atoms with E-state index < -0.39 is 17.6 Å². The smallest absolute Gasteiger partial charge is 0.347 e. The van der Waals surface area contributed by atoms with Crippen molar-refractivity contribution in [3.63, 3.8) is 0 Å². The number of aromatic nitrogens is 2. The van der Waals surface area contributed by atoms with Crippen molar-refractivity contribution >= 4 is 29.1 Å². The summed E-state index contributed by atoms with van der Waals surface area (Å²) < 4.78 is 39.4. The fraction of sp³-hybridized carbons (Fsp3) is 0.188. The maximum Gasteiger partial charge on any atom is 0.418 e. The van der Waals surface area contributed by atoms with Gasteiger partial charge in [-0.25, -0.2) is 9.97 Å². The predicted molar refractivity (Wildman–Crippen MR) is 89.0 cm³/mol. The molecule has 1 aromatic carbocycles. The molecule has 1 heterocycles. The maximum absolute atomic E-state index is 13.1. The highest BCUT2D eigenvalue weighted by atomic mass is 35.5. The molecular weight excluding hydrogens is 357 g/mol. The molecule has 0 saturated carbocycles. The van der Waals surface area contributed by atoms with Crippen molar-refractivity contribution in [3.05, 3.63) is 58.9 Å². The Labute approximate surface area is 146 Å². The third-order valence-corrected chi connectivity index (χ3v) is 3.26. The number of rotatable bonds is 5. The van der Waals surface area contributed by atoms with Crippen molar-refractivity contribution in [2.75, 3.05) is 11.9 Å². The van der Waals surface area contributed by atoms with E-state index >= 15 is 0 Å². The van der Waals surface area contributed by atoms with Crippen molar-refractivity contribution in [1.29, 1.82) is 0 Å². The lowest BCUT2D eigenvalue weighted by molar-refractivity contribution is -0.136. The number of halogens is 4. The Bertz CT molecular complexity index is 808. The number of hydrogen-bond acceptors (Lipinski definition) is 4. The number of carbonyl (C=O) groups excluding carboxylic acids is 1. The van der Waals surface area contributed by atoms with E-state index in [0.717, 1.165) is 6.07 Å². The van der Waals surface area contributed by atoms with Crippen LogP contribution >= 0.6 is 11.6 Å². The molecule has 2 N–H and O–H groups in total. The first-order valence-corrected chi connectivity index (χ1v) is 7.47. The van der Waals surface area contributed by atoms with Crippen LogP contribution in [-0.2, 0) is 6.18 Å². The number of anilines is 2. The monoisotopic (exact) mass is 370 g/mol. The molecule has 2 rings (SSSR count). The first-order chi connectivity index (χ1) is 11.7. The number of aryl methyl sites for hydroxylation is 1. The Morgan fingerprint density at radius 1 is 1.32 bits per heavy atom. The second-order valence-corrected chi connectivity index (χ2v) is 5.47. The quantitative estimate of drug-likeness (QED) is 0.777. The minimum Gasteiger partial charge on any atom is -0.347 e. The van der Waals surface area contributed by atoms with Crippen LogP contribution in [0.15, 0.2) is 36.9 Å². The lowest BCUT2D eigenvalue weighted by atomic mass is 10.1. The van der Waals surface area contributed by atoms with Gasteiger partial charge in [0, 0.05) is 17.3 Å². The zero-order chi connectivity index (χ0) is 18.6. The summed E-state index contributed by atoms with van der Waals surface area (Å²) in [7, 11) is 0. The van der Waals surface area contributed by atoms with Gasteiger partial charge in [0.15, 0.2) is 0 Å². The van der Waals surface area contributed by atoms with Gasteiger partial charge in [-0.1, -0.05) is 17.7 Å². The summed E-state index contributed by atoms with van der Waals surface area (Å²) in [5.41, 5.74) is -0.772. The number of nitrogens with zero attached hydrogens (tertiary/aromatic N) is 2. The normalized spacial score (nSPS) is 11.1. The Morgan fingerprint density at radius 3 is 2.68 bits per heavy atom. The molecule has 0 fully saturated rings. The van der Waals surface area contributed by atoms with Crippen LogP contribution in [0.1, 0.15) is 21.7 Å². The lowest BCUT2D eigenvalue weighted by Gasteiger charge is -2.14. The standard InChI is InChI=1S/C16H14ClF3N4O/c1-3-6-21-14(25)13-7-9(2)22-15(24-13)23-12-5-4-10(17)8-11(12)16(18,19)20/h3-5,7-8H,1,6H2,2H3,(H,21,25)(H,22,23,24). The summed E-state index contributed by atoms with van der Waals surface area (Å²) in [5, 5.41) is 4.99. The summed E-state index contributed by atoms with van der Waals surface area (Å²) in [6, 6.07) is 4.72. The predicted octanol–water partition coefficient (Wildman–Crippen LogP) is 4.12. The van der Waals surface area contributed by atoms with E-state index in [1.54, 1.807) is 6.92 Å². The number of alkyl halides is 3. The molecule has 9 heteroatoms.